The molecule has 1 aliphatic heterocycles. The topological polar surface area (TPSA) is 49.5 Å². The van der Waals surface area contributed by atoms with Crippen molar-refractivity contribution in [2.24, 2.45) is 11.7 Å². The van der Waals surface area contributed by atoms with Crippen LogP contribution in [0, 0.1) is 5.92 Å². The number of alkyl halides is 3. The van der Waals surface area contributed by atoms with Gasteiger partial charge in [0, 0.05) is 19.7 Å². The summed E-state index contributed by atoms with van der Waals surface area (Å²) in [7, 11) is 0. The minimum absolute atomic E-state index is 0.0395. The lowest BCUT2D eigenvalue weighted by molar-refractivity contribution is -0.185. The van der Waals surface area contributed by atoms with Gasteiger partial charge < -0.3 is 10.8 Å². The Morgan fingerprint density at radius 1 is 1.44 bits per heavy atom. The summed E-state index contributed by atoms with van der Waals surface area (Å²) in [4.78, 5) is 1.41. The first kappa shape index (κ1) is 13.7. The van der Waals surface area contributed by atoms with E-state index < -0.39 is 18.8 Å². The number of likely N-dealkylation sites (tertiary alicyclic amines) is 1. The molecule has 16 heavy (non-hydrogen) atoms. The van der Waals surface area contributed by atoms with Gasteiger partial charge in [-0.05, 0) is 31.7 Å². The van der Waals surface area contributed by atoms with E-state index in [0.717, 1.165) is 12.8 Å². The lowest BCUT2D eigenvalue weighted by atomic mass is 9.94. The third kappa shape index (κ3) is 3.61. The summed E-state index contributed by atoms with van der Waals surface area (Å²) in [5.74, 6) is 0.162. The zero-order valence-corrected chi connectivity index (χ0v) is 9.21. The molecule has 2 unspecified atom stereocenters. The van der Waals surface area contributed by atoms with Crippen LogP contribution in [-0.2, 0) is 0 Å². The maximum absolute atomic E-state index is 12.6. The highest BCUT2D eigenvalue weighted by Gasteiger charge is 2.43. The Morgan fingerprint density at radius 3 is 2.62 bits per heavy atom. The predicted octanol–water partition coefficient (Wildman–Crippen LogP) is 0.970. The third-order valence-electron chi connectivity index (χ3n) is 3.13. The molecule has 1 aliphatic rings. The highest BCUT2D eigenvalue weighted by molar-refractivity contribution is 4.84. The van der Waals surface area contributed by atoms with E-state index >= 15 is 0 Å². The van der Waals surface area contributed by atoms with E-state index in [-0.39, 0.29) is 12.5 Å². The van der Waals surface area contributed by atoms with Crippen LogP contribution in [0.25, 0.3) is 0 Å². The minimum Gasteiger partial charge on any atom is -0.396 e. The number of piperidine rings is 1. The summed E-state index contributed by atoms with van der Waals surface area (Å²) in [5.41, 5.74) is 5.20. The number of hydrogen-bond donors (Lipinski definition) is 2. The number of nitrogens with zero attached hydrogens (tertiary/aromatic N) is 1. The maximum atomic E-state index is 12.6. The summed E-state index contributed by atoms with van der Waals surface area (Å²) >= 11 is 0. The summed E-state index contributed by atoms with van der Waals surface area (Å²) in [6, 6.07) is -1.53. The van der Waals surface area contributed by atoms with Gasteiger partial charge in [0.05, 0.1) is 0 Å². The van der Waals surface area contributed by atoms with E-state index in [9.17, 15) is 13.2 Å². The normalized spacial score (nSPS) is 25.7. The highest BCUT2D eigenvalue weighted by atomic mass is 19.4. The molecular weight excluding hydrogens is 221 g/mol. The van der Waals surface area contributed by atoms with Crippen LogP contribution >= 0.6 is 0 Å². The molecule has 0 aliphatic carbocycles. The van der Waals surface area contributed by atoms with Crippen molar-refractivity contribution < 1.29 is 18.3 Å². The second-order valence-corrected chi connectivity index (χ2v) is 4.31. The summed E-state index contributed by atoms with van der Waals surface area (Å²) in [5, 5.41) is 8.80. The third-order valence-corrected chi connectivity index (χ3v) is 3.13. The molecule has 1 saturated heterocycles. The van der Waals surface area contributed by atoms with Gasteiger partial charge in [-0.2, -0.15) is 13.2 Å². The fourth-order valence-corrected chi connectivity index (χ4v) is 2.29. The van der Waals surface area contributed by atoms with Gasteiger partial charge in [-0.25, -0.2) is 0 Å². The average molecular weight is 240 g/mol. The fourth-order valence-electron chi connectivity index (χ4n) is 2.29. The number of hydrogen-bond acceptors (Lipinski definition) is 3. The van der Waals surface area contributed by atoms with E-state index in [1.54, 1.807) is 0 Å². The van der Waals surface area contributed by atoms with Crippen molar-refractivity contribution in [2.45, 2.75) is 31.5 Å². The molecule has 0 aromatic carbocycles. The maximum Gasteiger partial charge on any atom is 0.405 e. The predicted molar refractivity (Wildman–Crippen MR) is 54.9 cm³/mol. The van der Waals surface area contributed by atoms with Crippen LogP contribution in [0.15, 0.2) is 0 Å². The molecule has 0 aromatic rings. The molecule has 0 bridgehead atoms. The second kappa shape index (κ2) is 5.84. The van der Waals surface area contributed by atoms with E-state index in [4.69, 9.17) is 10.8 Å². The molecule has 96 valence electrons. The Morgan fingerprint density at radius 2 is 2.12 bits per heavy atom. The minimum atomic E-state index is -4.25. The Bertz CT molecular complexity index is 209. The zero-order chi connectivity index (χ0) is 12.2. The van der Waals surface area contributed by atoms with E-state index in [1.807, 2.05) is 0 Å². The number of aliphatic hydroxyl groups excluding tert-OH is 1. The summed E-state index contributed by atoms with van der Waals surface area (Å²) < 4.78 is 37.9. The molecule has 6 heteroatoms. The quantitative estimate of drug-likeness (QED) is 0.770. The van der Waals surface area contributed by atoms with Gasteiger partial charge in [-0.15, -0.1) is 0 Å². The van der Waals surface area contributed by atoms with Gasteiger partial charge in [0.1, 0.15) is 6.04 Å². The molecule has 0 radical (unpaired) electrons. The van der Waals surface area contributed by atoms with Gasteiger partial charge in [0.25, 0.3) is 0 Å². The van der Waals surface area contributed by atoms with Crippen LogP contribution in [0.4, 0.5) is 13.2 Å². The van der Waals surface area contributed by atoms with Crippen molar-refractivity contribution in [2.75, 3.05) is 26.2 Å². The first-order chi connectivity index (χ1) is 7.49. The number of nitrogens with two attached hydrogens (primary N) is 1. The number of aliphatic hydroxyl groups is 1. The first-order valence-electron chi connectivity index (χ1n) is 5.60. The lowest BCUT2D eigenvalue weighted by Crippen LogP contribution is -2.53. The molecule has 3 N–H and O–H groups in total. The second-order valence-electron chi connectivity index (χ2n) is 4.31. The van der Waals surface area contributed by atoms with E-state index in [1.165, 1.54) is 4.90 Å². The first-order valence-corrected chi connectivity index (χ1v) is 5.60. The molecule has 0 spiro atoms. The molecule has 1 heterocycles. The molecular formula is C10H19F3N2O. The van der Waals surface area contributed by atoms with Gasteiger partial charge >= 0.3 is 6.18 Å². The van der Waals surface area contributed by atoms with Crippen molar-refractivity contribution in [1.82, 2.24) is 4.90 Å². The smallest absolute Gasteiger partial charge is 0.396 e. The Kier molecular flexibility index (Phi) is 5.01. The van der Waals surface area contributed by atoms with Crippen LogP contribution in [-0.4, -0.2) is 48.5 Å². The van der Waals surface area contributed by atoms with Gasteiger partial charge in [-0.3, -0.25) is 4.90 Å². The zero-order valence-electron chi connectivity index (χ0n) is 9.21. The van der Waals surface area contributed by atoms with Gasteiger partial charge in [0.2, 0.25) is 0 Å². The molecule has 2 atom stereocenters. The average Bonchev–Trinajstić information content (AvgIpc) is 2.17. The molecule has 3 nitrogen and oxygen atoms in total. The molecule has 0 saturated carbocycles. The SMILES string of the molecule is NCC(N1CCCC(CCO)C1)C(F)(F)F. The van der Waals surface area contributed by atoms with Crippen molar-refractivity contribution in [3.05, 3.63) is 0 Å². The Balaban J connectivity index is 2.57. The van der Waals surface area contributed by atoms with E-state index in [2.05, 4.69) is 0 Å². The summed E-state index contributed by atoms with van der Waals surface area (Å²) in [6.45, 7) is 0.485. The summed E-state index contributed by atoms with van der Waals surface area (Å²) in [6.07, 6.45) is -2.04. The van der Waals surface area contributed by atoms with Crippen molar-refractivity contribution in [3.8, 4) is 0 Å². The number of rotatable bonds is 4. The van der Waals surface area contributed by atoms with Gasteiger partial charge in [-0.1, -0.05) is 0 Å². The number of halogens is 3. The van der Waals surface area contributed by atoms with Crippen molar-refractivity contribution >= 4 is 0 Å². The van der Waals surface area contributed by atoms with Crippen molar-refractivity contribution in [1.29, 1.82) is 0 Å². The van der Waals surface area contributed by atoms with Crippen LogP contribution in [0.5, 0.6) is 0 Å². The Hall–Kier alpha value is -0.330. The van der Waals surface area contributed by atoms with Crippen molar-refractivity contribution in [3.63, 3.8) is 0 Å². The van der Waals surface area contributed by atoms with Gasteiger partial charge in [0.15, 0.2) is 0 Å². The fraction of sp³-hybridized carbons (Fsp3) is 1.00. The molecule has 1 fully saturated rings. The molecule has 1 rings (SSSR count). The largest absolute Gasteiger partial charge is 0.405 e. The van der Waals surface area contributed by atoms with Crippen LogP contribution < -0.4 is 5.73 Å². The highest BCUT2D eigenvalue weighted by Crippen LogP contribution is 2.28. The van der Waals surface area contributed by atoms with Crippen LogP contribution in [0.1, 0.15) is 19.3 Å². The molecule has 0 aromatic heterocycles. The van der Waals surface area contributed by atoms with Crippen LogP contribution in [0.3, 0.4) is 0 Å². The van der Waals surface area contributed by atoms with Crippen LogP contribution in [0.2, 0.25) is 0 Å². The monoisotopic (exact) mass is 240 g/mol. The van der Waals surface area contributed by atoms with E-state index in [0.29, 0.717) is 19.5 Å². The standard InChI is InChI=1S/C10H19F3N2O/c11-10(12,13)9(6-14)15-4-1-2-8(7-15)3-5-16/h8-9,16H,1-7,14H2. The molecule has 0 amide bonds. The lowest BCUT2D eigenvalue weighted by Gasteiger charge is -2.38. The Labute approximate surface area is 93.4 Å².